The molecule has 0 atom stereocenters. The van der Waals surface area contributed by atoms with Crippen molar-refractivity contribution in [2.45, 2.75) is 13.3 Å². The third-order valence-electron chi connectivity index (χ3n) is 0.321. The monoisotopic (exact) mass is 174 g/mol. The van der Waals surface area contributed by atoms with Gasteiger partial charge >= 0.3 is 32.7 Å². The van der Waals surface area contributed by atoms with Crippen molar-refractivity contribution >= 4 is 12.1 Å². The molecule has 0 aliphatic carbocycles. The quantitative estimate of drug-likeness (QED) is 0.438. The average molecular weight is 174 g/mol. The van der Waals surface area contributed by atoms with Crippen LogP contribution in [0.15, 0.2) is 0 Å². The Morgan fingerprint density at radius 1 is 1.71 bits per heavy atom. The van der Waals surface area contributed by atoms with Gasteiger partial charge in [0, 0.05) is 0 Å². The summed E-state index contributed by atoms with van der Waals surface area (Å²) in [7, 11) is 0. The molecule has 0 aliphatic heterocycles. The molecule has 0 aliphatic rings. The number of Topliss-reactive ketones (excluding diaryl/α,β-unsaturated/α-hetero) is 1. The maximum absolute atomic E-state index is 9.78. The number of ketones is 1. The van der Waals surface area contributed by atoms with E-state index in [2.05, 4.69) is 0 Å². The second-order valence-corrected chi connectivity index (χ2v) is 1.02. The largest absolute Gasteiger partial charge is 3.00 e. The van der Waals surface area contributed by atoms with Crippen LogP contribution in [0.3, 0.4) is 0 Å². The minimum atomic E-state index is -0.134. The van der Waals surface area contributed by atoms with Gasteiger partial charge in [0.1, 0.15) is 5.78 Å². The van der Waals surface area contributed by atoms with E-state index in [1.54, 1.807) is 0 Å². The Balaban J connectivity index is 0. The van der Waals surface area contributed by atoms with Gasteiger partial charge in [-0.1, -0.05) is 6.42 Å². The van der Waals surface area contributed by atoms with Crippen LogP contribution in [-0.4, -0.2) is 12.1 Å². The van der Waals surface area contributed by atoms with Crippen molar-refractivity contribution < 1.29 is 42.3 Å². The summed E-state index contributed by atoms with van der Waals surface area (Å²) >= 11 is 0. The summed E-state index contributed by atoms with van der Waals surface area (Å²) in [6.07, 6.45) is 1.40. The van der Waals surface area contributed by atoms with Crippen LogP contribution in [-0.2, 0) is 42.3 Å². The smallest absolute Gasteiger partial charge is 0.541 e. The molecule has 0 radical (unpaired) electrons. The molecule has 7 heavy (non-hydrogen) atoms. The molecule has 0 rings (SSSR count). The predicted molar refractivity (Wildman–Crippen MR) is 21.0 cm³/mol. The third kappa shape index (κ3) is 10.7. The van der Waals surface area contributed by atoms with Gasteiger partial charge in [0.05, 0.1) is 0 Å². The molecule has 0 spiro atoms. The standard InChI is InChI=1S/C4H5O2.Y/c1-4(6)2-3-5;/h2H2,1H3;/q-1;+3. The summed E-state index contributed by atoms with van der Waals surface area (Å²) in [5.74, 6) is -0.134. The third-order valence-corrected chi connectivity index (χ3v) is 0.321. The van der Waals surface area contributed by atoms with Crippen molar-refractivity contribution in [3.05, 3.63) is 0 Å². The van der Waals surface area contributed by atoms with Crippen LogP contribution >= 0.6 is 0 Å². The number of carbonyl (C=O) groups is 1. The number of carbonyl (C=O) groups excluding carboxylic acids is 2. The van der Waals surface area contributed by atoms with Crippen molar-refractivity contribution in [3.8, 4) is 0 Å². The average Bonchev–Trinajstić information content (AvgIpc) is 1.35. The zero-order valence-electron chi connectivity index (χ0n) is 4.10. The van der Waals surface area contributed by atoms with Gasteiger partial charge in [0.2, 0.25) is 0 Å². The van der Waals surface area contributed by atoms with E-state index in [-0.39, 0.29) is 44.9 Å². The van der Waals surface area contributed by atoms with Crippen molar-refractivity contribution in [3.63, 3.8) is 0 Å². The van der Waals surface area contributed by atoms with Gasteiger partial charge in [0.25, 0.3) is 0 Å². The molecule has 0 N–H and O–H groups in total. The molecule has 3 heteroatoms. The topological polar surface area (TPSA) is 34.1 Å². The van der Waals surface area contributed by atoms with Gasteiger partial charge in [0.15, 0.2) is 0 Å². The first-order valence-electron chi connectivity index (χ1n) is 1.62. The van der Waals surface area contributed by atoms with Gasteiger partial charge in [-0.25, -0.2) is 0 Å². The summed E-state index contributed by atoms with van der Waals surface area (Å²) in [6, 6.07) is 0. The van der Waals surface area contributed by atoms with Crippen molar-refractivity contribution in [2.75, 3.05) is 0 Å². The summed E-state index contributed by atoms with van der Waals surface area (Å²) in [5, 5.41) is 0. The van der Waals surface area contributed by atoms with Gasteiger partial charge in [-0.2, -0.15) is 0 Å². The van der Waals surface area contributed by atoms with E-state index in [1.165, 1.54) is 13.2 Å². The molecule has 2 nitrogen and oxygen atoms in total. The van der Waals surface area contributed by atoms with Gasteiger partial charge < -0.3 is 9.59 Å². The van der Waals surface area contributed by atoms with Gasteiger partial charge in [-0.15, -0.1) is 0 Å². The summed E-state index contributed by atoms with van der Waals surface area (Å²) in [4.78, 5) is 19.1. The molecule has 0 saturated heterocycles. The SMILES string of the molecule is CC(=O)C[C-]=O.[Y+3]. The van der Waals surface area contributed by atoms with Crippen LogP contribution in [0.2, 0.25) is 0 Å². The first kappa shape index (κ1) is 10.4. The minimum Gasteiger partial charge on any atom is -0.541 e. The number of hydrogen-bond acceptors (Lipinski definition) is 2. The van der Waals surface area contributed by atoms with Crippen molar-refractivity contribution in [1.29, 1.82) is 0 Å². The summed E-state index contributed by atoms with van der Waals surface area (Å²) in [5.41, 5.74) is 0. The number of hydrogen-bond donors (Lipinski definition) is 0. The van der Waals surface area contributed by atoms with E-state index in [4.69, 9.17) is 0 Å². The zero-order valence-corrected chi connectivity index (χ0v) is 6.94. The summed E-state index contributed by atoms with van der Waals surface area (Å²) in [6.45, 7) is 1.35. The van der Waals surface area contributed by atoms with E-state index in [0.717, 1.165) is 0 Å². The van der Waals surface area contributed by atoms with Crippen molar-refractivity contribution in [1.82, 2.24) is 0 Å². The molecule has 0 aromatic carbocycles. The Bertz CT molecular complexity index is 70.1. The fourth-order valence-corrected chi connectivity index (χ4v) is 0.102. The van der Waals surface area contributed by atoms with Gasteiger partial charge in [-0.3, -0.25) is 6.29 Å². The molecule has 0 saturated carbocycles. The second-order valence-electron chi connectivity index (χ2n) is 1.02. The molecular formula is C4H5O2Y+2. The maximum Gasteiger partial charge on any atom is 3.00 e. The molecule has 0 aromatic rings. The van der Waals surface area contributed by atoms with Gasteiger partial charge in [-0.05, 0) is 6.92 Å². The van der Waals surface area contributed by atoms with Crippen LogP contribution in [0.4, 0.5) is 0 Å². The van der Waals surface area contributed by atoms with Crippen LogP contribution in [0, 0.1) is 0 Å². The molecule has 0 unspecified atom stereocenters. The van der Waals surface area contributed by atoms with E-state index in [0.29, 0.717) is 0 Å². The molecule has 34 valence electrons. The van der Waals surface area contributed by atoms with Crippen LogP contribution < -0.4 is 0 Å². The van der Waals surface area contributed by atoms with E-state index < -0.39 is 0 Å². The Kier molecular flexibility index (Phi) is 9.60. The van der Waals surface area contributed by atoms with Crippen LogP contribution in [0.1, 0.15) is 13.3 Å². The Morgan fingerprint density at radius 3 is 2.14 bits per heavy atom. The van der Waals surface area contributed by atoms with E-state index >= 15 is 0 Å². The Labute approximate surface area is 67.5 Å². The minimum absolute atomic E-state index is 0. The number of rotatable bonds is 2. The first-order valence-corrected chi connectivity index (χ1v) is 1.62. The Morgan fingerprint density at radius 2 is 2.14 bits per heavy atom. The zero-order chi connectivity index (χ0) is 4.99. The second kappa shape index (κ2) is 6.44. The maximum atomic E-state index is 9.78. The summed E-state index contributed by atoms with van der Waals surface area (Å²) < 4.78 is 0. The predicted octanol–water partition coefficient (Wildman–Crippen LogP) is 0.0727. The van der Waals surface area contributed by atoms with E-state index in [9.17, 15) is 9.59 Å². The fraction of sp³-hybridized carbons (Fsp3) is 0.500. The molecule has 0 amide bonds. The molecule has 0 heterocycles. The van der Waals surface area contributed by atoms with Crippen LogP contribution in [0.25, 0.3) is 0 Å². The molecular weight excluding hydrogens is 169 g/mol. The molecule has 0 aromatic heterocycles. The van der Waals surface area contributed by atoms with E-state index in [1.807, 2.05) is 0 Å². The van der Waals surface area contributed by atoms with Crippen LogP contribution in [0.5, 0.6) is 0 Å². The molecule has 0 bridgehead atoms. The normalized spacial score (nSPS) is 6.43. The Hall–Kier alpha value is 0.444. The van der Waals surface area contributed by atoms with Crippen molar-refractivity contribution in [2.24, 2.45) is 0 Å². The first-order chi connectivity index (χ1) is 2.77. The fourth-order valence-electron chi connectivity index (χ4n) is 0.102. The molecule has 0 fully saturated rings.